The maximum Gasteiger partial charge on any atom is 0.308 e. The van der Waals surface area contributed by atoms with Crippen molar-refractivity contribution in [3.05, 3.63) is 38.6 Å². The zero-order valence-corrected chi connectivity index (χ0v) is 15.6. The second-order valence-corrected chi connectivity index (χ2v) is 7.57. The SMILES string of the molecule is Cc1sc(=O)n(CC(=O)N2CCC(N(C)c3cccnn3)CC2)c1C. The first-order valence-corrected chi connectivity index (χ1v) is 9.24. The highest BCUT2D eigenvalue weighted by atomic mass is 32.1. The van der Waals surface area contributed by atoms with Crippen LogP contribution in [0.15, 0.2) is 23.1 Å². The van der Waals surface area contributed by atoms with Gasteiger partial charge in [0.25, 0.3) is 0 Å². The molecule has 2 aromatic rings. The number of hydrogen-bond donors (Lipinski definition) is 0. The number of nitrogens with zero attached hydrogens (tertiary/aromatic N) is 5. The van der Waals surface area contributed by atoms with Gasteiger partial charge >= 0.3 is 4.87 Å². The number of likely N-dealkylation sites (tertiary alicyclic amines) is 1. The summed E-state index contributed by atoms with van der Waals surface area (Å²) in [5.41, 5.74) is 0.889. The predicted molar refractivity (Wildman–Crippen MR) is 98.1 cm³/mol. The maximum absolute atomic E-state index is 12.6. The van der Waals surface area contributed by atoms with E-state index in [4.69, 9.17) is 0 Å². The fourth-order valence-electron chi connectivity index (χ4n) is 3.18. The van der Waals surface area contributed by atoms with Gasteiger partial charge in [-0.2, -0.15) is 5.10 Å². The van der Waals surface area contributed by atoms with Gasteiger partial charge in [-0.05, 0) is 38.8 Å². The van der Waals surface area contributed by atoms with Crippen molar-refractivity contribution >= 4 is 23.1 Å². The molecule has 0 bridgehead atoms. The van der Waals surface area contributed by atoms with Gasteiger partial charge in [0.1, 0.15) is 6.54 Å². The van der Waals surface area contributed by atoms with Crippen LogP contribution in [-0.2, 0) is 11.3 Å². The van der Waals surface area contributed by atoms with Crippen LogP contribution in [0.4, 0.5) is 5.82 Å². The summed E-state index contributed by atoms with van der Waals surface area (Å²) < 4.78 is 1.58. The van der Waals surface area contributed by atoms with Gasteiger partial charge in [-0.3, -0.25) is 14.2 Å². The molecule has 0 aromatic carbocycles. The van der Waals surface area contributed by atoms with Crippen molar-refractivity contribution in [1.82, 2.24) is 19.7 Å². The number of hydrogen-bond acceptors (Lipinski definition) is 6. The van der Waals surface area contributed by atoms with Gasteiger partial charge in [0.05, 0.1) is 0 Å². The first kappa shape index (κ1) is 17.6. The molecule has 3 rings (SSSR count). The standard InChI is InChI=1S/C17H23N5O2S/c1-12-13(2)25-17(24)22(12)11-16(23)21-9-6-14(7-10-21)20(3)15-5-4-8-18-19-15/h4-5,8,14H,6-7,9-11H2,1-3H3. The first-order chi connectivity index (χ1) is 12.0. The maximum atomic E-state index is 12.6. The number of aromatic nitrogens is 3. The quantitative estimate of drug-likeness (QED) is 0.824. The van der Waals surface area contributed by atoms with Crippen LogP contribution in [0.3, 0.4) is 0 Å². The number of thiazole rings is 1. The molecule has 1 aliphatic rings. The summed E-state index contributed by atoms with van der Waals surface area (Å²) in [5, 5.41) is 8.07. The van der Waals surface area contributed by atoms with E-state index in [1.807, 2.05) is 37.9 Å². The Morgan fingerprint density at radius 2 is 2.08 bits per heavy atom. The summed E-state index contributed by atoms with van der Waals surface area (Å²) in [4.78, 5) is 29.4. The molecule has 0 spiro atoms. The second kappa shape index (κ2) is 7.35. The number of anilines is 1. The number of rotatable bonds is 4. The van der Waals surface area contributed by atoms with E-state index >= 15 is 0 Å². The molecule has 1 aliphatic heterocycles. The highest BCUT2D eigenvalue weighted by Crippen LogP contribution is 2.20. The molecule has 7 nitrogen and oxygen atoms in total. The van der Waals surface area contributed by atoms with Gasteiger partial charge in [-0.1, -0.05) is 11.3 Å². The average molecular weight is 361 g/mol. The Hall–Kier alpha value is -2.22. The van der Waals surface area contributed by atoms with Crippen molar-refractivity contribution in [1.29, 1.82) is 0 Å². The fraction of sp³-hybridized carbons (Fsp3) is 0.529. The van der Waals surface area contributed by atoms with Crippen LogP contribution in [0.2, 0.25) is 0 Å². The zero-order chi connectivity index (χ0) is 18.0. The van der Waals surface area contributed by atoms with E-state index in [-0.39, 0.29) is 17.3 Å². The van der Waals surface area contributed by atoms with E-state index in [1.165, 1.54) is 11.3 Å². The van der Waals surface area contributed by atoms with Crippen molar-refractivity contribution in [2.24, 2.45) is 0 Å². The van der Waals surface area contributed by atoms with Crippen molar-refractivity contribution in [2.45, 2.75) is 39.3 Å². The summed E-state index contributed by atoms with van der Waals surface area (Å²) in [6.45, 7) is 5.34. The smallest absolute Gasteiger partial charge is 0.308 e. The minimum Gasteiger partial charge on any atom is -0.355 e. The summed E-state index contributed by atoms with van der Waals surface area (Å²) in [6.07, 6.45) is 3.43. The van der Waals surface area contributed by atoms with Crippen LogP contribution >= 0.6 is 11.3 Å². The third-order valence-electron chi connectivity index (χ3n) is 4.95. The van der Waals surface area contributed by atoms with Crippen molar-refractivity contribution in [3.63, 3.8) is 0 Å². The molecule has 1 fully saturated rings. The molecule has 0 atom stereocenters. The Morgan fingerprint density at radius 3 is 2.64 bits per heavy atom. The molecule has 0 N–H and O–H groups in total. The lowest BCUT2D eigenvalue weighted by atomic mass is 10.0. The molecule has 3 heterocycles. The normalized spacial score (nSPS) is 15.4. The van der Waals surface area contributed by atoms with Gasteiger partial charge < -0.3 is 9.80 Å². The minimum absolute atomic E-state index is 0.0172. The van der Waals surface area contributed by atoms with Crippen LogP contribution in [0.1, 0.15) is 23.4 Å². The van der Waals surface area contributed by atoms with Crippen molar-refractivity contribution in [3.8, 4) is 0 Å². The molecule has 2 aromatic heterocycles. The highest BCUT2D eigenvalue weighted by Gasteiger charge is 2.26. The minimum atomic E-state index is -0.0550. The lowest BCUT2D eigenvalue weighted by Crippen LogP contribution is -2.47. The third-order valence-corrected chi connectivity index (χ3v) is 5.95. The molecule has 0 aliphatic carbocycles. The molecule has 0 radical (unpaired) electrons. The van der Waals surface area contributed by atoms with Gasteiger partial charge in [0, 0.05) is 42.9 Å². The van der Waals surface area contributed by atoms with Crippen LogP contribution < -0.4 is 9.77 Å². The van der Waals surface area contributed by atoms with Crippen molar-refractivity contribution < 1.29 is 4.79 Å². The lowest BCUT2D eigenvalue weighted by Gasteiger charge is -2.37. The summed E-state index contributed by atoms with van der Waals surface area (Å²) in [6, 6.07) is 4.16. The highest BCUT2D eigenvalue weighted by molar-refractivity contribution is 7.09. The number of carbonyl (C=O) groups is 1. The monoisotopic (exact) mass is 361 g/mol. The van der Waals surface area contributed by atoms with E-state index in [0.717, 1.165) is 29.2 Å². The number of aryl methyl sites for hydroxylation is 1. The van der Waals surface area contributed by atoms with Gasteiger partial charge in [0.2, 0.25) is 5.91 Å². The van der Waals surface area contributed by atoms with Gasteiger partial charge in [0.15, 0.2) is 5.82 Å². The number of amides is 1. The third kappa shape index (κ3) is 3.73. The van der Waals surface area contributed by atoms with E-state index in [0.29, 0.717) is 19.1 Å². The molecule has 0 unspecified atom stereocenters. The topological polar surface area (TPSA) is 71.3 Å². The van der Waals surface area contributed by atoms with Gasteiger partial charge in [-0.15, -0.1) is 5.10 Å². The van der Waals surface area contributed by atoms with E-state index in [2.05, 4.69) is 15.1 Å². The molecule has 0 saturated carbocycles. The molecule has 1 saturated heterocycles. The second-order valence-electron chi connectivity index (χ2n) is 6.40. The van der Waals surface area contributed by atoms with E-state index < -0.39 is 0 Å². The molecule has 134 valence electrons. The van der Waals surface area contributed by atoms with Crippen molar-refractivity contribution in [2.75, 3.05) is 25.0 Å². The van der Waals surface area contributed by atoms with Gasteiger partial charge in [-0.25, -0.2) is 0 Å². The Morgan fingerprint density at radius 1 is 1.36 bits per heavy atom. The predicted octanol–water partition coefficient (Wildman–Crippen LogP) is 1.44. The largest absolute Gasteiger partial charge is 0.355 e. The Balaban J connectivity index is 1.58. The Labute approximate surface area is 150 Å². The molecule has 25 heavy (non-hydrogen) atoms. The lowest BCUT2D eigenvalue weighted by molar-refractivity contribution is -0.132. The molecule has 8 heteroatoms. The molecular weight excluding hydrogens is 338 g/mol. The van der Waals surface area contributed by atoms with Crippen LogP contribution in [0, 0.1) is 13.8 Å². The van der Waals surface area contributed by atoms with E-state index in [1.54, 1.807) is 10.8 Å². The summed E-state index contributed by atoms with van der Waals surface area (Å²) >= 11 is 1.20. The summed E-state index contributed by atoms with van der Waals surface area (Å²) in [7, 11) is 2.02. The summed E-state index contributed by atoms with van der Waals surface area (Å²) in [5.74, 6) is 0.867. The van der Waals surface area contributed by atoms with Crippen LogP contribution in [0.25, 0.3) is 0 Å². The zero-order valence-electron chi connectivity index (χ0n) is 14.8. The van der Waals surface area contributed by atoms with Crippen LogP contribution in [0.5, 0.6) is 0 Å². The Bertz CT molecular complexity index is 793. The number of piperidine rings is 1. The Kier molecular flexibility index (Phi) is 5.17. The van der Waals surface area contributed by atoms with Crippen LogP contribution in [-0.4, -0.2) is 51.8 Å². The van der Waals surface area contributed by atoms with E-state index in [9.17, 15) is 9.59 Å². The first-order valence-electron chi connectivity index (χ1n) is 8.42. The number of carbonyl (C=O) groups excluding carboxylic acids is 1. The molecule has 1 amide bonds. The molecular formula is C17H23N5O2S. The average Bonchev–Trinajstić information content (AvgIpc) is 2.88. The fourth-order valence-corrected chi connectivity index (χ4v) is 4.01.